The zero-order valence-electron chi connectivity index (χ0n) is 11.7. The summed E-state index contributed by atoms with van der Waals surface area (Å²) in [5.74, 6) is 0.582. The number of piperidine rings is 1. The van der Waals surface area contributed by atoms with Crippen molar-refractivity contribution in [3.8, 4) is 11.5 Å². The van der Waals surface area contributed by atoms with Gasteiger partial charge in [0.1, 0.15) is 11.5 Å². The molecule has 0 spiro atoms. The van der Waals surface area contributed by atoms with Gasteiger partial charge in [0.15, 0.2) is 4.90 Å². The van der Waals surface area contributed by atoms with Crippen LogP contribution in [-0.4, -0.2) is 46.1 Å². The summed E-state index contributed by atoms with van der Waals surface area (Å²) < 4.78 is 37.3. The lowest BCUT2D eigenvalue weighted by atomic mass is 10.1. The van der Waals surface area contributed by atoms with E-state index in [1.807, 2.05) is 0 Å². The van der Waals surface area contributed by atoms with E-state index in [2.05, 4.69) is 0 Å². The molecule has 6 nitrogen and oxygen atoms in total. The first kappa shape index (κ1) is 15.1. The average Bonchev–Trinajstić information content (AvgIpc) is 2.46. The van der Waals surface area contributed by atoms with Gasteiger partial charge >= 0.3 is 0 Å². The summed E-state index contributed by atoms with van der Waals surface area (Å²) in [6.45, 7) is 0.843. The molecular formula is C13H20N2O4S. The van der Waals surface area contributed by atoms with Crippen LogP contribution in [0.3, 0.4) is 0 Å². The van der Waals surface area contributed by atoms with E-state index in [-0.39, 0.29) is 10.9 Å². The van der Waals surface area contributed by atoms with Crippen LogP contribution in [0.1, 0.15) is 12.8 Å². The molecule has 1 aliphatic rings. The van der Waals surface area contributed by atoms with Gasteiger partial charge in [0, 0.05) is 19.1 Å². The topological polar surface area (TPSA) is 81.9 Å². The highest BCUT2D eigenvalue weighted by Crippen LogP contribution is 2.35. The van der Waals surface area contributed by atoms with Crippen LogP contribution < -0.4 is 15.2 Å². The lowest BCUT2D eigenvalue weighted by Crippen LogP contribution is -2.42. The highest BCUT2D eigenvalue weighted by Gasteiger charge is 2.33. The molecule has 1 aromatic carbocycles. The van der Waals surface area contributed by atoms with Crippen LogP contribution in [-0.2, 0) is 10.0 Å². The number of rotatable bonds is 4. The fourth-order valence-electron chi connectivity index (χ4n) is 2.32. The SMILES string of the molecule is COc1cccc(OC)c1S(=O)(=O)N1CCC(N)CC1. The molecule has 1 aromatic rings. The van der Waals surface area contributed by atoms with Crippen molar-refractivity contribution in [2.75, 3.05) is 27.3 Å². The van der Waals surface area contributed by atoms with E-state index in [9.17, 15) is 8.42 Å². The van der Waals surface area contributed by atoms with Crippen molar-refractivity contribution in [3.63, 3.8) is 0 Å². The van der Waals surface area contributed by atoms with E-state index < -0.39 is 10.0 Å². The van der Waals surface area contributed by atoms with Gasteiger partial charge in [-0.3, -0.25) is 0 Å². The van der Waals surface area contributed by atoms with Gasteiger partial charge in [-0.1, -0.05) is 6.07 Å². The first-order chi connectivity index (χ1) is 9.50. The monoisotopic (exact) mass is 300 g/mol. The van der Waals surface area contributed by atoms with Gasteiger partial charge in [-0.25, -0.2) is 8.42 Å². The first-order valence-corrected chi connectivity index (χ1v) is 7.91. The van der Waals surface area contributed by atoms with Gasteiger partial charge < -0.3 is 15.2 Å². The van der Waals surface area contributed by atoms with E-state index in [1.165, 1.54) is 18.5 Å². The molecule has 0 saturated carbocycles. The maximum Gasteiger partial charge on any atom is 0.250 e. The second-order valence-corrected chi connectivity index (χ2v) is 6.61. The predicted octanol–water partition coefficient (Wildman–Crippen LogP) is 0.816. The summed E-state index contributed by atoms with van der Waals surface area (Å²) >= 11 is 0. The number of nitrogens with two attached hydrogens (primary N) is 1. The van der Waals surface area contributed by atoms with Crippen molar-refractivity contribution >= 4 is 10.0 Å². The summed E-state index contributed by atoms with van der Waals surface area (Å²) in [6, 6.07) is 5.00. The summed E-state index contributed by atoms with van der Waals surface area (Å²) in [5, 5.41) is 0. The van der Waals surface area contributed by atoms with Crippen LogP contribution in [0.4, 0.5) is 0 Å². The Morgan fingerprint density at radius 2 is 1.65 bits per heavy atom. The number of sulfonamides is 1. The zero-order chi connectivity index (χ0) is 14.8. The van der Waals surface area contributed by atoms with Crippen LogP contribution >= 0.6 is 0 Å². The lowest BCUT2D eigenvalue weighted by Gasteiger charge is -2.30. The van der Waals surface area contributed by atoms with Gasteiger partial charge in [0.25, 0.3) is 0 Å². The van der Waals surface area contributed by atoms with Crippen molar-refractivity contribution in [3.05, 3.63) is 18.2 Å². The van der Waals surface area contributed by atoms with Crippen molar-refractivity contribution in [2.45, 2.75) is 23.8 Å². The van der Waals surface area contributed by atoms with E-state index in [1.54, 1.807) is 18.2 Å². The maximum atomic E-state index is 12.8. The molecule has 20 heavy (non-hydrogen) atoms. The quantitative estimate of drug-likeness (QED) is 0.890. The number of methoxy groups -OCH3 is 2. The molecule has 0 amide bonds. The Hall–Kier alpha value is -1.31. The van der Waals surface area contributed by atoms with Crippen molar-refractivity contribution < 1.29 is 17.9 Å². The molecule has 2 N–H and O–H groups in total. The average molecular weight is 300 g/mol. The van der Waals surface area contributed by atoms with Crippen LogP contribution in [0.2, 0.25) is 0 Å². The predicted molar refractivity (Wildman–Crippen MR) is 75.5 cm³/mol. The molecule has 0 aliphatic carbocycles. The van der Waals surface area contributed by atoms with Crippen molar-refractivity contribution in [2.24, 2.45) is 5.73 Å². The molecule has 0 unspecified atom stereocenters. The van der Waals surface area contributed by atoms with Crippen molar-refractivity contribution in [1.82, 2.24) is 4.31 Å². The fourth-order valence-corrected chi connectivity index (χ4v) is 4.08. The fraction of sp³-hybridized carbons (Fsp3) is 0.538. The maximum absolute atomic E-state index is 12.8. The van der Waals surface area contributed by atoms with Crippen molar-refractivity contribution in [1.29, 1.82) is 0 Å². The molecule has 0 aromatic heterocycles. The minimum Gasteiger partial charge on any atom is -0.495 e. The molecule has 1 saturated heterocycles. The summed E-state index contributed by atoms with van der Waals surface area (Å²) in [5.41, 5.74) is 5.82. The number of nitrogens with zero attached hydrogens (tertiary/aromatic N) is 1. The Balaban J connectivity index is 2.43. The van der Waals surface area contributed by atoms with Crippen LogP contribution in [0.25, 0.3) is 0 Å². The Bertz CT molecular complexity index is 543. The zero-order valence-corrected chi connectivity index (χ0v) is 12.5. The number of hydrogen-bond donors (Lipinski definition) is 1. The molecule has 1 aliphatic heterocycles. The number of ether oxygens (including phenoxy) is 2. The third kappa shape index (κ3) is 2.74. The highest BCUT2D eigenvalue weighted by atomic mass is 32.2. The minimum absolute atomic E-state index is 0.0704. The largest absolute Gasteiger partial charge is 0.495 e. The molecule has 1 fully saturated rings. The van der Waals surface area contributed by atoms with Gasteiger partial charge in [0.05, 0.1) is 14.2 Å². The molecule has 0 bridgehead atoms. The van der Waals surface area contributed by atoms with E-state index in [4.69, 9.17) is 15.2 Å². The Morgan fingerprint density at radius 1 is 1.15 bits per heavy atom. The number of benzene rings is 1. The van der Waals surface area contributed by atoms with Crippen LogP contribution in [0.5, 0.6) is 11.5 Å². The third-order valence-electron chi connectivity index (χ3n) is 3.48. The molecule has 0 radical (unpaired) electrons. The second-order valence-electron chi connectivity index (χ2n) is 4.73. The van der Waals surface area contributed by atoms with E-state index in [0.717, 1.165) is 0 Å². The molecular weight excluding hydrogens is 280 g/mol. The molecule has 7 heteroatoms. The van der Waals surface area contributed by atoms with E-state index >= 15 is 0 Å². The van der Waals surface area contributed by atoms with Crippen LogP contribution in [0.15, 0.2) is 23.1 Å². The first-order valence-electron chi connectivity index (χ1n) is 6.47. The lowest BCUT2D eigenvalue weighted by molar-refractivity contribution is 0.314. The van der Waals surface area contributed by atoms with E-state index in [0.29, 0.717) is 37.4 Å². The van der Waals surface area contributed by atoms with Gasteiger partial charge in [-0.15, -0.1) is 0 Å². The minimum atomic E-state index is -3.64. The Kier molecular flexibility index (Phi) is 4.52. The summed E-state index contributed by atoms with van der Waals surface area (Å²) in [6.07, 6.45) is 1.33. The Labute approximate surface area is 119 Å². The smallest absolute Gasteiger partial charge is 0.250 e. The summed E-state index contributed by atoms with van der Waals surface area (Å²) in [4.78, 5) is 0.0838. The molecule has 112 valence electrons. The van der Waals surface area contributed by atoms with Gasteiger partial charge in [-0.2, -0.15) is 4.31 Å². The standard InChI is InChI=1S/C13H20N2O4S/c1-18-11-4-3-5-12(19-2)13(11)20(16,17)15-8-6-10(14)7-9-15/h3-5,10H,6-9,14H2,1-2H3. The van der Waals surface area contributed by atoms with Gasteiger partial charge in [-0.05, 0) is 25.0 Å². The molecule has 0 atom stereocenters. The normalized spacial score (nSPS) is 17.9. The molecule has 2 rings (SSSR count). The van der Waals surface area contributed by atoms with Gasteiger partial charge in [0.2, 0.25) is 10.0 Å². The molecule has 1 heterocycles. The Morgan fingerprint density at radius 3 is 2.10 bits per heavy atom. The number of hydrogen-bond acceptors (Lipinski definition) is 5. The third-order valence-corrected chi connectivity index (χ3v) is 5.44. The highest BCUT2D eigenvalue weighted by molar-refractivity contribution is 7.89. The second kappa shape index (κ2) is 5.99. The summed E-state index contributed by atoms with van der Waals surface area (Å²) in [7, 11) is -0.754. The van der Waals surface area contributed by atoms with Crippen LogP contribution in [0, 0.1) is 0 Å².